The van der Waals surface area contributed by atoms with Crippen LogP contribution in [0.5, 0.6) is 0 Å². The maximum absolute atomic E-state index is 13.9. The summed E-state index contributed by atoms with van der Waals surface area (Å²) in [6.07, 6.45) is 6.82. The molecule has 100 valence electrons. The van der Waals surface area contributed by atoms with Gasteiger partial charge in [0.05, 0.1) is 3.57 Å². The molecule has 0 nitrogen and oxygen atoms in total. The fourth-order valence-electron chi connectivity index (χ4n) is 3.03. The van der Waals surface area contributed by atoms with Gasteiger partial charge in [0.15, 0.2) is 11.6 Å². The molecule has 1 aliphatic rings. The van der Waals surface area contributed by atoms with Crippen molar-refractivity contribution < 1.29 is 8.78 Å². The van der Waals surface area contributed by atoms with Gasteiger partial charge in [-0.25, -0.2) is 8.78 Å². The van der Waals surface area contributed by atoms with Crippen molar-refractivity contribution in [1.29, 1.82) is 0 Å². The molecule has 3 heteroatoms. The van der Waals surface area contributed by atoms with Gasteiger partial charge < -0.3 is 0 Å². The molecule has 0 aromatic heterocycles. The van der Waals surface area contributed by atoms with E-state index in [9.17, 15) is 8.78 Å². The Morgan fingerprint density at radius 3 is 2.39 bits per heavy atom. The molecule has 1 fully saturated rings. The Labute approximate surface area is 121 Å². The highest BCUT2D eigenvalue weighted by Crippen LogP contribution is 2.39. The Kier molecular flexibility index (Phi) is 4.98. The number of hydrogen-bond donors (Lipinski definition) is 0. The van der Waals surface area contributed by atoms with Crippen molar-refractivity contribution in [1.82, 2.24) is 0 Å². The molecule has 1 aromatic carbocycles. The number of hydrogen-bond acceptors (Lipinski definition) is 0. The first-order valence-electron chi connectivity index (χ1n) is 6.76. The van der Waals surface area contributed by atoms with Crippen LogP contribution < -0.4 is 0 Å². The van der Waals surface area contributed by atoms with Crippen LogP contribution in [-0.2, 0) is 0 Å². The van der Waals surface area contributed by atoms with Gasteiger partial charge >= 0.3 is 0 Å². The summed E-state index contributed by atoms with van der Waals surface area (Å²) < 4.78 is 27.8. The Morgan fingerprint density at radius 2 is 1.78 bits per heavy atom. The minimum atomic E-state index is -0.677. The maximum atomic E-state index is 13.9. The van der Waals surface area contributed by atoms with Gasteiger partial charge in [0.25, 0.3) is 0 Å². The van der Waals surface area contributed by atoms with E-state index in [4.69, 9.17) is 0 Å². The highest BCUT2D eigenvalue weighted by Gasteiger charge is 2.25. The molecule has 0 spiro atoms. The molecule has 0 saturated heterocycles. The quantitative estimate of drug-likeness (QED) is 0.481. The van der Waals surface area contributed by atoms with E-state index >= 15 is 0 Å². The average Bonchev–Trinajstić information content (AvgIpc) is 2.38. The van der Waals surface area contributed by atoms with E-state index in [2.05, 4.69) is 6.92 Å². The fourth-order valence-corrected chi connectivity index (χ4v) is 3.44. The van der Waals surface area contributed by atoms with Crippen molar-refractivity contribution in [2.45, 2.75) is 51.4 Å². The smallest absolute Gasteiger partial charge is 0.172 e. The highest BCUT2D eigenvalue weighted by atomic mass is 127. The molecule has 0 N–H and O–H groups in total. The lowest BCUT2D eigenvalue weighted by molar-refractivity contribution is 0.303. The predicted octanol–water partition coefficient (Wildman–Crippen LogP) is 5.64. The molecule has 1 saturated carbocycles. The summed E-state index contributed by atoms with van der Waals surface area (Å²) in [6.45, 7) is 2.21. The monoisotopic (exact) mass is 364 g/mol. The molecule has 0 radical (unpaired) electrons. The lowest BCUT2D eigenvalue weighted by Crippen LogP contribution is -2.15. The first kappa shape index (κ1) is 14.2. The van der Waals surface area contributed by atoms with Gasteiger partial charge in [0.1, 0.15) is 0 Å². The van der Waals surface area contributed by atoms with Gasteiger partial charge in [0.2, 0.25) is 0 Å². The molecule has 0 aliphatic heterocycles. The predicted molar refractivity (Wildman–Crippen MR) is 78.7 cm³/mol. The van der Waals surface area contributed by atoms with E-state index in [0.717, 1.165) is 31.6 Å². The lowest BCUT2D eigenvalue weighted by atomic mass is 9.77. The molecule has 0 heterocycles. The second kappa shape index (κ2) is 6.31. The normalized spacial score (nSPS) is 24.2. The fraction of sp³-hybridized carbons (Fsp3) is 0.600. The van der Waals surface area contributed by atoms with Crippen molar-refractivity contribution in [2.24, 2.45) is 5.92 Å². The van der Waals surface area contributed by atoms with Crippen LogP contribution in [0.1, 0.15) is 56.9 Å². The van der Waals surface area contributed by atoms with Crippen LogP contribution in [0, 0.1) is 21.1 Å². The molecule has 0 unspecified atom stereocenters. The van der Waals surface area contributed by atoms with E-state index < -0.39 is 11.6 Å². The van der Waals surface area contributed by atoms with Gasteiger partial charge in [-0.15, -0.1) is 0 Å². The SMILES string of the molecule is CCCC1CCC(c2ccc(I)c(F)c2F)CC1. The van der Waals surface area contributed by atoms with Crippen LogP contribution in [0.15, 0.2) is 12.1 Å². The first-order chi connectivity index (χ1) is 8.63. The summed E-state index contributed by atoms with van der Waals surface area (Å²) >= 11 is 1.84. The van der Waals surface area contributed by atoms with Crippen molar-refractivity contribution in [3.05, 3.63) is 32.9 Å². The minimum absolute atomic E-state index is 0.213. The van der Waals surface area contributed by atoms with Gasteiger partial charge in [-0.3, -0.25) is 0 Å². The van der Waals surface area contributed by atoms with Crippen LogP contribution in [0.25, 0.3) is 0 Å². The third-order valence-corrected chi connectivity index (χ3v) is 4.88. The van der Waals surface area contributed by atoms with Crippen LogP contribution >= 0.6 is 22.6 Å². The van der Waals surface area contributed by atoms with Crippen LogP contribution in [0.4, 0.5) is 8.78 Å². The van der Waals surface area contributed by atoms with Crippen molar-refractivity contribution >= 4 is 22.6 Å². The lowest BCUT2D eigenvalue weighted by Gasteiger charge is -2.29. The Bertz CT molecular complexity index is 409. The molecule has 1 aromatic rings. The summed E-state index contributed by atoms with van der Waals surface area (Å²) in [4.78, 5) is 0. The van der Waals surface area contributed by atoms with Crippen molar-refractivity contribution in [3.8, 4) is 0 Å². The Balaban J connectivity index is 2.08. The number of halogens is 3. The van der Waals surface area contributed by atoms with Crippen LogP contribution in [0.3, 0.4) is 0 Å². The van der Waals surface area contributed by atoms with Crippen molar-refractivity contribution in [2.75, 3.05) is 0 Å². The third kappa shape index (κ3) is 3.03. The third-order valence-electron chi connectivity index (χ3n) is 4.05. The largest absolute Gasteiger partial charge is 0.203 e. The zero-order valence-electron chi connectivity index (χ0n) is 10.7. The molecule has 0 amide bonds. The van der Waals surface area contributed by atoms with Gasteiger partial charge in [0, 0.05) is 0 Å². The molecule has 1 aliphatic carbocycles. The zero-order chi connectivity index (χ0) is 13.1. The summed E-state index contributed by atoms with van der Waals surface area (Å²) in [5, 5.41) is 0. The highest BCUT2D eigenvalue weighted by molar-refractivity contribution is 14.1. The molecular weight excluding hydrogens is 345 g/mol. The van der Waals surface area contributed by atoms with E-state index in [1.54, 1.807) is 12.1 Å². The average molecular weight is 364 g/mol. The first-order valence-corrected chi connectivity index (χ1v) is 7.84. The number of rotatable bonds is 3. The second-order valence-electron chi connectivity index (χ2n) is 5.27. The molecular formula is C15H19F2I. The zero-order valence-corrected chi connectivity index (χ0v) is 12.8. The van der Waals surface area contributed by atoms with E-state index in [-0.39, 0.29) is 5.92 Å². The minimum Gasteiger partial charge on any atom is -0.203 e. The summed E-state index contributed by atoms with van der Waals surface area (Å²) in [5.41, 5.74) is 0.586. The van der Waals surface area contributed by atoms with E-state index in [0.29, 0.717) is 9.13 Å². The summed E-state index contributed by atoms with van der Waals surface area (Å²) in [5.74, 6) is -0.294. The van der Waals surface area contributed by atoms with Gasteiger partial charge in [-0.2, -0.15) is 0 Å². The van der Waals surface area contributed by atoms with Crippen molar-refractivity contribution in [3.63, 3.8) is 0 Å². The number of benzene rings is 1. The summed E-state index contributed by atoms with van der Waals surface area (Å²) in [6, 6.07) is 3.46. The van der Waals surface area contributed by atoms with E-state index in [1.165, 1.54) is 12.8 Å². The summed E-state index contributed by atoms with van der Waals surface area (Å²) in [7, 11) is 0. The van der Waals surface area contributed by atoms with Gasteiger partial charge in [-0.1, -0.05) is 25.8 Å². The van der Waals surface area contributed by atoms with E-state index in [1.807, 2.05) is 22.6 Å². The standard InChI is InChI=1S/C15H19F2I/c1-2-3-10-4-6-11(7-5-10)12-8-9-13(18)15(17)14(12)16/h8-11H,2-7H2,1H3. The molecule has 0 bridgehead atoms. The van der Waals surface area contributed by atoms with Gasteiger partial charge in [-0.05, 0) is 71.7 Å². The Hall–Kier alpha value is -0.190. The van der Waals surface area contributed by atoms with Crippen LogP contribution in [-0.4, -0.2) is 0 Å². The molecule has 18 heavy (non-hydrogen) atoms. The maximum Gasteiger partial charge on any atom is 0.172 e. The second-order valence-corrected chi connectivity index (χ2v) is 6.43. The topological polar surface area (TPSA) is 0 Å². The molecule has 2 rings (SSSR count). The van der Waals surface area contributed by atoms with Crippen LogP contribution in [0.2, 0.25) is 0 Å². The Morgan fingerprint density at radius 1 is 1.11 bits per heavy atom. The molecule has 0 atom stereocenters.